The van der Waals surface area contributed by atoms with Gasteiger partial charge in [0.15, 0.2) is 0 Å². The number of rotatable bonds is 4. The first-order valence-corrected chi connectivity index (χ1v) is 5.30. The molecule has 1 aliphatic carbocycles. The van der Waals surface area contributed by atoms with Gasteiger partial charge in [-0.25, -0.2) is 4.39 Å². The zero-order valence-electron chi connectivity index (χ0n) is 8.84. The van der Waals surface area contributed by atoms with E-state index in [1.807, 2.05) is 0 Å². The van der Waals surface area contributed by atoms with E-state index in [0.29, 0.717) is 25.7 Å². The highest BCUT2D eigenvalue weighted by molar-refractivity contribution is 5.86. The molecule has 4 heteroatoms. The lowest BCUT2D eigenvalue weighted by molar-refractivity contribution is -0.117. The van der Waals surface area contributed by atoms with Crippen LogP contribution in [0.3, 0.4) is 0 Å². The Kier molecular flexibility index (Phi) is 4.27. The molecule has 15 heavy (non-hydrogen) atoms. The molecule has 0 radical (unpaired) electrons. The average molecular weight is 215 g/mol. The van der Waals surface area contributed by atoms with Gasteiger partial charge in [0.05, 0.1) is 6.54 Å². The molecule has 0 aromatic carbocycles. The molecule has 1 aliphatic rings. The van der Waals surface area contributed by atoms with Gasteiger partial charge in [0, 0.05) is 6.61 Å². The lowest BCUT2D eigenvalue weighted by Crippen LogP contribution is -2.42. The van der Waals surface area contributed by atoms with Crippen molar-refractivity contribution in [2.24, 2.45) is 5.92 Å². The molecule has 0 aliphatic heterocycles. The van der Waals surface area contributed by atoms with Gasteiger partial charge in [-0.1, -0.05) is 6.58 Å². The van der Waals surface area contributed by atoms with Gasteiger partial charge in [-0.05, 0) is 37.7 Å². The van der Waals surface area contributed by atoms with Gasteiger partial charge in [-0.2, -0.15) is 0 Å². The van der Waals surface area contributed by atoms with Crippen LogP contribution >= 0.6 is 0 Å². The number of nitrogens with one attached hydrogen (secondary N) is 1. The number of halogens is 1. The van der Waals surface area contributed by atoms with E-state index >= 15 is 0 Å². The molecule has 0 aromatic rings. The van der Waals surface area contributed by atoms with Gasteiger partial charge in [-0.3, -0.25) is 4.79 Å². The second kappa shape index (κ2) is 5.26. The molecule has 3 nitrogen and oxygen atoms in total. The summed E-state index contributed by atoms with van der Waals surface area (Å²) >= 11 is 0. The minimum Gasteiger partial charge on any atom is -0.396 e. The summed E-state index contributed by atoms with van der Waals surface area (Å²) in [6.45, 7) is 3.49. The van der Waals surface area contributed by atoms with E-state index < -0.39 is 5.67 Å². The fourth-order valence-corrected chi connectivity index (χ4v) is 1.87. The van der Waals surface area contributed by atoms with Gasteiger partial charge in [0.2, 0.25) is 5.91 Å². The first kappa shape index (κ1) is 12.2. The molecular weight excluding hydrogens is 197 g/mol. The summed E-state index contributed by atoms with van der Waals surface area (Å²) < 4.78 is 14.0. The van der Waals surface area contributed by atoms with Crippen LogP contribution in [0.2, 0.25) is 0 Å². The Hall–Kier alpha value is -0.900. The van der Waals surface area contributed by atoms with Crippen LogP contribution in [0.4, 0.5) is 4.39 Å². The fourth-order valence-electron chi connectivity index (χ4n) is 1.87. The molecule has 2 N–H and O–H groups in total. The summed E-state index contributed by atoms with van der Waals surface area (Å²) in [5, 5.41) is 11.4. The molecular formula is C11H18FNO2. The van der Waals surface area contributed by atoms with Crippen molar-refractivity contribution in [3.8, 4) is 0 Å². The quantitative estimate of drug-likeness (QED) is 0.692. The topological polar surface area (TPSA) is 49.3 Å². The monoisotopic (exact) mass is 215 g/mol. The number of amides is 1. The maximum Gasteiger partial charge on any atom is 0.243 e. The zero-order valence-corrected chi connectivity index (χ0v) is 8.84. The highest BCUT2D eigenvalue weighted by atomic mass is 19.1. The minimum atomic E-state index is -1.30. The highest BCUT2D eigenvalue weighted by Gasteiger charge is 2.35. The van der Waals surface area contributed by atoms with Crippen LogP contribution in [-0.2, 0) is 4.79 Å². The summed E-state index contributed by atoms with van der Waals surface area (Å²) in [7, 11) is 0. The molecule has 1 rings (SSSR count). The van der Waals surface area contributed by atoms with Crippen molar-refractivity contribution in [1.82, 2.24) is 5.32 Å². The number of aliphatic hydroxyl groups excluding tert-OH is 1. The van der Waals surface area contributed by atoms with E-state index in [1.54, 1.807) is 0 Å². The number of hydrogen-bond acceptors (Lipinski definition) is 2. The van der Waals surface area contributed by atoms with Crippen molar-refractivity contribution in [3.63, 3.8) is 0 Å². The highest BCUT2D eigenvalue weighted by Crippen LogP contribution is 2.34. The van der Waals surface area contributed by atoms with Gasteiger partial charge < -0.3 is 10.4 Å². The number of aliphatic hydroxyl groups is 1. The Labute approximate surface area is 89.4 Å². The second-order valence-electron chi connectivity index (χ2n) is 4.20. The van der Waals surface area contributed by atoms with E-state index in [2.05, 4.69) is 11.9 Å². The summed E-state index contributed by atoms with van der Waals surface area (Å²) in [4.78, 5) is 10.9. The maximum atomic E-state index is 14.0. The van der Waals surface area contributed by atoms with E-state index in [9.17, 15) is 9.18 Å². The SMILES string of the molecule is C=CC(=O)NCC1(F)CCC(CO)CC1. The molecule has 86 valence electrons. The van der Waals surface area contributed by atoms with Crippen molar-refractivity contribution >= 4 is 5.91 Å². The van der Waals surface area contributed by atoms with Crippen LogP contribution in [-0.4, -0.2) is 29.8 Å². The molecule has 0 bridgehead atoms. The number of carbonyl (C=O) groups excluding carboxylic acids is 1. The Morgan fingerprint density at radius 2 is 2.20 bits per heavy atom. The molecule has 0 saturated heterocycles. The predicted octanol–water partition coefficient (Wildman–Crippen LogP) is 1.18. The van der Waals surface area contributed by atoms with E-state index in [4.69, 9.17) is 5.11 Å². The zero-order chi connectivity index (χ0) is 11.3. The standard InChI is InChI=1S/C11H18FNO2/c1-2-10(15)13-8-11(12)5-3-9(7-14)4-6-11/h2,9,14H,1,3-8H2,(H,13,15). The lowest BCUT2D eigenvalue weighted by atomic mass is 9.80. The third-order valence-corrected chi connectivity index (χ3v) is 3.02. The molecule has 0 unspecified atom stereocenters. The smallest absolute Gasteiger partial charge is 0.243 e. The van der Waals surface area contributed by atoms with Gasteiger partial charge in [0.1, 0.15) is 5.67 Å². The van der Waals surface area contributed by atoms with Crippen LogP contribution in [0.1, 0.15) is 25.7 Å². The third-order valence-electron chi connectivity index (χ3n) is 3.02. The Morgan fingerprint density at radius 3 is 2.67 bits per heavy atom. The summed E-state index contributed by atoms with van der Waals surface area (Å²) in [5.41, 5.74) is -1.30. The summed E-state index contributed by atoms with van der Waals surface area (Å²) in [6, 6.07) is 0. The van der Waals surface area contributed by atoms with Crippen molar-refractivity contribution < 1.29 is 14.3 Å². The van der Waals surface area contributed by atoms with Crippen molar-refractivity contribution in [1.29, 1.82) is 0 Å². The van der Waals surface area contributed by atoms with Crippen LogP contribution in [0, 0.1) is 5.92 Å². The third kappa shape index (κ3) is 3.63. The van der Waals surface area contributed by atoms with Gasteiger partial charge in [0.25, 0.3) is 0 Å². The molecule has 0 spiro atoms. The summed E-state index contributed by atoms with van der Waals surface area (Å²) in [5.74, 6) is -0.111. The van der Waals surface area contributed by atoms with E-state index in [0.717, 1.165) is 6.08 Å². The van der Waals surface area contributed by atoms with Gasteiger partial charge >= 0.3 is 0 Å². The van der Waals surface area contributed by atoms with Crippen molar-refractivity contribution in [2.75, 3.05) is 13.2 Å². The molecule has 0 atom stereocenters. The minimum absolute atomic E-state index is 0.0516. The van der Waals surface area contributed by atoms with Crippen molar-refractivity contribution in [2.45, 2.75) is 31.4 Å². The van der Waals surface area contributed by atoms with Crippen LogP contribution in [0.25, 0.3) is 0 Å². The normalized spacial score (nSPS) is 30.9. The average Bonchev–Trinajstić information content (AvgIpc) is 2.27. The number of hydrogen-bond donors (Lipinski definition) is 2. The first-order valence-electron chi connectivity index (χ1n) is 5.30. The largest absolute Gasteiger partial charge is 0.396 e. The molecule has 1 saturated carbocycles. The molecule has 0 heterocycles. The predicted molar refractivity (Wildman–Crippen MR) is 56.1 cm³/mol. The van der Waals surface area contributed by atoms with E-state index in [1.165, 1.54) is 0 Å². The molecule has 1 amide bonds. The van der Waals surface area contributed by atoms with Crippen molar-refractivity contribution in [3.05, 3.63) is 12.7 Å². The second-order valence-corrected chi connectivity index (χ2v) is 4.20. The first-order chi connectivity index (χ1) is 7.09. The Morgan fingerprint density at radius 1 is 1.60 bits per heavy atom. The van der Waals surface area contributed by atoms with Crippen LogP contribution in [0.5, 0.6) is 0 Å². The Bertz CT molecular complexity index is 235. The van der Waals surface area contributed by atoms with Crippen LogP contribution in [0.15, 0.2) is 12.7 Å². The molecule has 1 fully saturated rings. The Balaban J connectivity index is 2.34. The van der Waals surface area contributed by atoms with Crippen LogP contribution < -0.4 is 5.32 Å². The number of carbonyl (C=O) groups is 1. The van der Waals surface area contributed by atoms with Gasteiger partial charge in [-0.15, -0.1) is 0 Å². The summed E-state index contributed by atoms with van der Waals surface area (Å²) in [6.07, 6.45) is 3.35. The fraction of sp³-hybridized carbons (Fsp3) is 0.727. The van der Waals surface area contributed by atoms with E-state index in [-0.39, 0.29) is 25.0 Å². The number of alkyl halides is 1. The molecule has 0 aromatic heterocycles. The maximum absolute atomic E-state index is 14.0. The lowest BCUT2D eigenvalue weighted by Gasteiger charge is -2.33.